The van der Waals surface area contributed by atoms with E-state index in [1.807, 2.05) is 0 Å². The largest absolute Gasteiger partial charge is 0.497 e. The van der Waals surface area contributed by atoms with Crippen molar-refractivity contribution in [3.05, 3.63) is 65.2 Å². The Labute approximate surface area is 161 Å². The van der Waals surface area contributed by atoms with E-state index in [2.05, 4.69) is 69.0 Å². The smallest absolute Gasteiger partial charge is 0.118 e. The van der Waals surface area contributed by atoms with Gasteiger partial charge in [0.05, 0.1) is 19.7 Å². The molecular formula is C22H28N4O. The second-order valence-corrected chi connectivity index (χ2v) is 7.76. The Kier molecular flexibility index (Phi) is 4.61. The average Bonchev–Trinajstić information content (AvgIpc) is 3.27. The number of fused-ring (bicyclic) bond motifs is 3. The van der Waals surface area contributed by atoms with E-state index >= 15 is 0 Å². The van der Waals surface area contributed by atoms with Gasteiger partial charge in [-0.3, -0.25) is 0 Å². The maximum atomic E-state index is 5.32. The summed E-state index contributed by atoms with van der Waals surface area (Å²) in [6.07, 6.45) is 2.60. The van der Waals surface area contributed by atoms with Gasteiger partial charge < -0.3 is 10.1 Å². The number of hydrogen-bond acceptors (Lipinski definition) is 5. The van der Waals surface area contributed by atoms with E-state index in [-0.39, 0.29) is 0 Å². The molecular weight excluding hydrogens is 336 g/mol. The van der Waals surface area contributed by atoms with Gasteiger partial charge in [0.1, 0.15) is 5.75 Å². The Balaban J connectivity index is 1.44. The summed E-state index contributed by atoms with van der Waals surface area (Å²) < 4.78 is 5.32. The molecule has 5 nitrogen and oxygen atoms in total. The summed E-state index contributed by atoms with van der Waals surface area (Å²) in [7, 11) is 1.72. The molecule has 0 saturated carbocycles. The van der Waals surface area contributed by atoms with E-state index < -0.39 is 0 Å². The number of rotatable bonds is 3. The lowest BCUT2D eigenvalue weighted by Crippen LogP contribution is -2.61. The second-order valence-electron chi connectivity index (χ2n) is 7.76. The van der Waals surface area contributed by atoms with Crippen LogP contribution in [0.1, 0.15) is 41.6 Å². The highest BCUT2D eigenvalue weighted by atomic mass is 16.5. The maximum Gasteiger partial charge on any atom is 0.118 e. The van der Waals surface area contributed by atoms with E-state index in [1.165, 1.54) is 42.6 Å². The van der Waals surface area contributed by atoms with Crippen LogP contribution in [0.15, 0.2) is 48.5 Å². The zero-order valence-corrected chi connectivity index (χ0v) is 16.0. The normalized spacial score (nSPS) is 26.6. The van der Waals surface area contributed by atoms with Crippen molar-refractivity contribution in [2.45, 2.75) is 31.5 Å². The second kappa shape index (κ2) is 7.24. The number of hydrazine groups is 2. The third kappa shape index (κ3) is 3.15. The number of hydrogen-bond donors (Lipinski definition) is 1. The van der Waals surface area contributed by atoms with Crippen molar-refractivity contribution in [2.75, 3.05) is 33.3 Å². The van der Waals surface area contributed by atoms with Crippen molar-refractivity contribution in [1.82, 2.24) is 20.5 Å². The minimum absolute atomic E-state index is 0.336. The SMILES string of the molecule is COc1ccc(C2CN3C(CN2)c2ccccc2CN3N2CCCC2)cc1. The van der Waals surface area contributed by atoms with Crippen LogP contribution in [0.2, 0.25) is 0 Å². The molecule has 0 aromatic heterocycles. The quantitative estimate of drug-likeness (QED) is 0.904. The molecule has 2 fully saturated rings. The van der Waals surface area contributed by atoms with Crippen LogP contribution < -0.4 is 10.1 Å². The van der Waals surface area contributed by atoms with Crippen LogP contribution in [-0.4, -0.2) is 48.4 Å². The topological polar surface area (TPSA) is 31.0 Å². The first kappa shape index (κ1) is 17.2. The summed E-state index contributed by atoms with van der Waals surface area (Å²) in [4.78, 5) is 0. The van der Waals surface area contributed by atoms with Crippen LogP contribution in [0.25, 0.3) is 0 Å². The van der Waals surface area contributed by atoms with Crippen LogP contribution in [0.4, 0.5) is 0 Å². The number of piperazine rings is 1. The fourth-order valence-corrected chi connectivity index (χ4v) is 4.76. The zero-order valence-electron chi connectivity index (χ0n) is 16.0. The molecule has 2 atom stereocenters. The van der Waals surface area contributed by atoms with Crippen LogP contribution in [-0.2, 0) is 6.54 Å². The van der Waals surface area contributed by atoms with Crippen LogP contribution >= 0.6 is 0 Å². The predicted octanol–water partition coefficient (Wildman–Crippen LogP) is 3.12. The maximum absolute atomic E-state index is 5.32. The minimum atomic E-state index is 0.336. The Morgan fingerprint density at radius 1 is 1.00 bits per heavy atom. The summed E-state index contributed by atoms with van der Waals surface area (Å²) in [6.45, 7) is 5.29. The molecule has 0 amide bonds. The molecule has 0 aliphatic carbocycles. The summed E-state index contributed by atoms with van der Waals surface area (Å²) in [6, 6.07) is 18.2. The third-order valence-electron chi connectivity index (χ3n) is 6.24. The van der Waals surface area contributed by atoms with Gasteiger partial charge in [0.25, 0.3) is 0 Å². The molecule has 3 aliphatic rings. The van der Waals surface area contributed by atoms with Crippen molar-refractivity contribution in [3.8, 4) is 5.75 Å². The highest BCUT2D eigenvalue weighted by Gasteiger charge is 2.40. The zero-order chi connectivity index (χ0) is 18.2. The highest BCUT2D eigenvalue weighted by Crippen LogP contribution is 2.38. The molecule has 2 saturated heterocycles. The Hall–Kier alpha value is -1.92. The van der Waals surface area contributed by atoms with E-state index in [1.54, 1.807) is 7.11 Å². The van der Waals surface area contributed by atoms with Gasteiger partial charge in [-0.2, -0.15) is 5.12 Å². The number of methoxy groups -OCH3 is 1. The molecule has 2 aromatic carbocycles. The molecule has 2 unspecified atom stereocenters. The summed E-state index contributed by atoms with van der Waals surface area (Å²) >= 11 is 0. The van der Waals surface area contributed by atoms with Crippen molar-refractivity contribution < 1.29 is 4.74 Å². The molecule has 5 heteroatoms. The lowest BCUT2D eigenvalue weighted by atomic mass is 9.93. The monoisotopic (exact) mass is 364 g/mol. The first-order valence-electron chi connectivity index (χ1n) is 10.1. The number of nitrogens with zero attached hydrogens (tertiary/aromatic N) is 3. The van der Waals surface area contributed by atoms with Crippen LogP contribution in [0.3, 0.4) is 0 Å². The molecule has 1 N–H and O–H groups in total. The van der Waals surface area contributed by atoms with Crippen molar-refractivity contribution in [1.29, 1.82) is 0 Å². The Morgan fingerprint density at radius 3 is 2.56 bits per heavy atom. The van der Waals surface area contributed by atoms with E-state index in [4.69, 9.17) is 4.74 Å². The first-order chi connectivity index (χ1) is 13.3. The standard InChI is InChI=1S/C22H28N4O/c1-27-19-10-8-17(9-11-19)21-16-25-22(14-23-21)20-7-3-2-6-18(20)15-26(25)24-12-4-5-13-24/h2-3,6-11,21-23H,4-5,12-16H2,1H3. The van der Waals surface area contributed by atoms with Gasteiger partial charge in [0.2, 0.25) is 0 Å². The summed E-state index contributed by atoms with van der Waals surface area (Å²) in [5, 5.41) is 11.5. The minimum Gasteiger partial charge on any atom is -0.497 e. The van der Waals surface area contributed by atoms with Crippen LogP contribution in [0.5, 0.6) is 5.75 Å². The lowest BCUT2D eigenvalue weighted by molar-refractivity contribution is -0.222. The van der Waals surface area contributed by atoms with E-state index in [0.29, 0.717) is 12.1 Å². The molecule has 27 heavy (non-hydrogen) atoms. The van der Waals surface area contributed by atoms with Gasteiger partial charge >= 0.3 is 0 Å². The van der Waals surface area contributed by atoms with Gasteiger partial charge in [-0.1, -0.05) is 36.4 Å². The van der Waals surface area contributed by atoms with Gasteiger partial charge in [0.15, 0.2) is 0 Å². The Morgan fingerprint density at radius 2 is 1.78 bits per heavy atom. The Bertz CT molecular complexity index is 787. The van der Waals surface area contributed by atoms with Gasteiger partial charge in [-0.25, -0.2) is 10.0 Å². The first-order valence-corrected chi connectivity index (χ1v) is 10.1. The van der Waals surface area contributed by atoms with Gasteiger partial charge in [-0.05, 0) is 41.7 Å². The molecule has 0 spiro atoms. The summed E-state index contributed by atoms with van der Waals surface area (Å²) in [5.74, 6) is 0.915. The molecule has 0 bridgehead atoms. The fraction of sp³-hybridized carbons (Fsp3) is 0.455. The van der Waals surface area contributed by atoms with Crippen LogP contribution in [0, 0.1) is 0 Å². The third-order valence-corrected chi connectivity index (χ3v) is 6.24. The molecule has 3 aliphatic heterocycles. The molecule has 3 heterocycles. The number of nitrogens with one attached hydrogen (secondary N) is 1. The number of benzene rings is 2. The molecule has 2 aromatic rings. The molecule has 142 valence electrons. The van der Waals surface area contributed by atoms with Crippen molar-refractivity contribution in [2.24, 2.45) is 0 Å². The molecule has 5 rings (SSSR count). The van der Waals surface area contributed by atoms with Gasteiger partial charge in [0, 0.05) is 32.2 Å². The van der Waals surface area contributed by atoms with E-state index in [0.717, 1.165) is 25.4 Å². The highest BCUT2D eigenvalue weighted by molar-refractivity contribution is 5.34. The van der Waals surface area contributed by atoms with Crippen molar-refractivity contribution >= 4 is 0 Å². The lowest BCUT2D eigenvalue weighted by Gasteiger charge is -2.52. The molecule has 0 radical (unpaired) electrons. The van der Waals surface area contributed by atoms with Crippen molar-refractivity contribution in [3.63, 3.8) is 0 Å². The van der Waals surface area contributed by atoms with Gasteiger partial charge in [-0.15, -0.1) is 0 Å². The predicted molar refractivity (Wildman–Crippen MR) is 106 cm³/mol. The number of ether oxygens (including phenoxy) is 1. The van der Waals surface area contributed by atoms with E-state index in [9.17, 15) is 0 Å². The summed E-state index contributed by atoms with van der Waals surface area (Å²) in [5.41, 5.74) is 4.28. The average molecular weight is 364 g/mol. The fourth-order valence-electron chi connectivity index (χ4n) is 4.76.